The molecule has 1 aliphatic heterocycles. The minimum atomic E-state index is 0. The molecule has 1 aromatic heterocycles. The fourth-order valence-electron chi connectivity index (χ4n) is 2.13. The predicted octanol–water partition coefficient (Wildman–Crippen LogP) is 3.08. The molecule has 1 fully saturated rings. The lowest BCUT2D eigenvalue weighted by atomic mass is 9.93. The topological polar surface area (TPSA) is 28.2 Å². The van der Waals surface area contributed by atoms with Gasteiger partial charge in [0, 0.05) is 29.9 Å². The second-order valence-electron chi connectivity index (χ2n) is 5.89. The zero-order valence-electron chi connectivity index (χ0n) is 12.1. The first-order valence-corrected chi connectivity index (χ1v) is 7.21. The summed E-state index contributed by atoms with van der Waals surface area (Å²) in [5.74, 6) is 0. The molecule has 19 heavy (non-hydrogen) atoms. The Balaban J connectivity index is 0.00000162. The molecule has 0 aromatic carbocycles. The molecule has 0 aliphatic carbocycles. The Kier molecular flexibility index (Phi) is 7.85. The Bertz CT molecular complexity index is 376. The van der Waals surface area contributed by atoms with E-state index in [1.54, 1.807) is 11.3 Å². The molecule has 6 heteroatoms. The Labute approximate surface area is 133 Å². The summed E-state index contributed by atoms with van der Waals surface area (Å²) in [5, 5.41) is 6.82. The van der Waals surface area contributed by atoms with Gasteiger partial charge < -0.3 is 5.32 Å². The van der Waals surface area contributed by atoms with Crippen LogP contribution < -0.4 is 5.32 Å². The Morgan fingerprint density at radius 3 is 2.58 bits per heavy atom. The molecule has 1 N–H and O–H groups in total. The highest BCUT2D eigenvalue weighted by Gasteiger charge is 2.23. The molecule has 1 unspecified atom stereocenters. The molecule has 2 heterocycles. The predicted molar refractivity (Wildman–Crippen MR) is 88.1 cm³/mol. The van der Waals surface area contributed by atoms with E-state index in [4.69, 9.17) is 4.98 Å². The number of thiazole rings is 1. The second kappa shape index (κ2) is 7.79. The molecule has 0 radical (unpaired) electrons. The van der Waals surface area contributed by atoms with Gasteiger partial charge in [0.2, 0.25) is 0 Å². The number of halogens is 2. The lowest BCUT2D eigenvalue weighted by Crippen LogP contribution is -2.29. The SMILES string of the molecule is CNC1CCN(Cc2nc(C(C)(C)C)cs2)C1.Cl.Cl. The van der Waals surface area contributed by atoms with Gasteiger partial charge in [-0.1, -0.05) is 20.8 Å². The maximum atomic E-state index is 4.75. The van der Waals surface area contributed by atoms with Crippen molar-refractivity contribution in [2.45, 2.75) is 45.2 Å². The van der Waals surface area contributed by atoms with Gasteiger partial charge in [-0.25, -0.2) is 4.98 Å². The van der Waals surface area contributed by atoms with Crippen LogP contribution in [0.25, 0.3) is 0 Å². The lowest BCUT2D eigenvalue weighted by molar-refractivity contribution is 0.321. The van der Waals surface area contributed by atoms with E-state index in [-0.39, 0.29) is 30.2 Å². The smallest absolute Gasteiger partial charge is 0.107 e. The highest BCUT2D eigenvalue weighted by atomic mass is 35.5. The van der Waals surface area contributed by atoms with E-state index in [0.717, 1.165) is 13.1 Å². The Morgan fingerprint density at radius 2 is 2.11 bits per heavy atom. The van der Waals surface area contributed by atoms with Gasteiger partial charge in [-0.15, -0.1) is 36.2 Å². The van der Waals surface area contributed by atoms with Gasteiger partial charge in [0.15, 0.2) is 0 Å². The number of aromatic nitrogens is 1. The first-order chi connectivity index (χ1) is 7.99. The molecule has 1 saturated heterocycles. The first kappa shape index (κ1) is 19.1. The molecule has 0 saturated carbocycles. The van der Waals surface area contributed by atoms with Crippen LogP contribution in [0.2, 0.25) is 0 Å². The summed E-state index contributed by atoms with van der Waals surface area (Å²) in [5.41, 5.74) is 1.40. The fraction of sp³-hybridized carbons (Fsp3) is 0.769. The third kappa shape index (κ3) is 5.20. The van der Waals surface area contributed by atoms with Gasteiger partial charge in [0.1, 0.15) is 5.01 Å². The van der Waals surface area contributed by atoms with Crippen molar-refractivity contribution in [1.82, 2.24) is 15.2 Å². The molecule has 1 atom stereocenters. The van der Waals surface area contributed by atoms with Crippen LogP contribution >= 0.6 is 36.2 Å². The normalized spacial score (nSPS) is 19.9. The van der Waals surface area contributed by atoms with Crippen molar-refractivity contribution in [3.63, 3.8) is 0 Å². The molecule has 2 rings (SSSR count). The maximum absolute atomic E-state index is 4.75. The van der Waals surface area contributed by atoms with Crippen LogP contribution in [0.1, 0.15) is 37.9 Å². The Morgan fingerprint density at radius 1 is 1.42 bits per heavy atom. The average molecular weight is 326 g/mol. The van der Waals surface area contributed by atoms with Gasteiger partial charge in [0.25, 0.3) is 0 Å². The standard InChI is InChI=1S/C13H23N3S.2ClH/c1-13(2,3)11-9-17-12(15-11)8-16-6-5-10(7-16)14-4;;/h9-10,14H,5-8H2,1-4H3;2*1H. The highest BCUT2D eigenvalue weighted by molar-refractivity contribution is 7.09. The van der Waals surface area contributed by atoms with Gasteiger partial charge in [-0.2, -0.15) is 0 Å². The van der Waals surface area contributed by atoms with Crippen molar-refractivity contribution >= 4 is 36.2 Å². The van der Waals surface area contributed by atoms with Crippen LogP contribution in [0, 0.1) is 0 Å². The average Bonchev–Trinajstić information content (AvgIpc) is 2.86. The summed E-state index contributed by atoms with van der Waals surface area (Å²) >= 11 is 1.80. The molecule has 0 spiro atoms. The summed E-state index contributed by atoms with van der Waals surface area (Å²) in [4.78, 5) is 7.24. The molecule has 0 bridgehead atoms. The van der Waals surface area contributed by atoms with Crippen LogP contribution in [0.4, 0.5) is 0 Å². The number of likely N-dealkylation sites (tertiary alicyclic amines) is 1. The quantitative estimate of drug-likeness (QED) is 0.925. The van der Waals surface area contributed by atoms with Crippen molar-refractivity contribution < 1.29 is 0 Å². The summed E-state index contributed by atoms with van der Waals surface area (Å²) in [7, 11) is 2.05. The number of rotatable bonds is 3. The van der Waals surface area contributed by atoms with E-state index < -0.39 is 0 Å². The molecular formula is C13H25Cl2N3S. The monoisotopic (exact) mass is 325 g/mol. The van der Waals surface area contributed by atoms with E-state index in [9.17, 15) is 0 Å². The minimum Gasteiger partial charge on any atom is -0.316 e. The lowest BCUT2D eigenvalue weighted by Gasteiger charge is -2.15. The van der Waals surface area contributed by atoms with E-state index in [2.05, 4.69) is 43.4 Å². The summed E-state index contributed by atoms with van der Waals surface area (Å²) in [6.07, 6.45) is 1.26. The van der Waals surface area contributed by atoms with E-state index in [1.165, 1.54) is 23.7 Å². The van der Waals surface area contributed by atoms with Crippen molar-refractivity contribution in [3.8, 4) is 0 Å². The number of likely N-dealkylation sites (N-methyl/N-ethyl adjacent to an activating group) is 1. The van der Waals surface area contributed by atoms with Crippen LogP contribution in [-0.4, -0.2) is 36.1 Å². The molecule has 0 amide bonds. The fourth-order valence-corrected chi connectivity index (χ4v) is 3.19. The number of hydrogen-bond donors (Lipinski definition) is 1. The zero-order valence-corrected chi connectivity index (χ0v) is 14.6. The highest BCUT2D eigenvalue weighted by Crippen LogP contribution is 2.25. The van der Waals surface area contributed by atoms with Gasteiger partial charge >= 0.3 is 0 Å². The van der Waals surface area contributed by atoms with E-state index in [0.29, 0.717) is 6.04 Å². The maximum Gasteiger partial charge on any atom is 0.107 e. The van der Waals surface area contributed by atoms with Crippen LogP contribution in [0.3, 0.4) is 0 Å². The molecule has 112 valence electrons. The number of nitrogens with one attached hydrogen (secondary N) is 1. The minimum absolute atomic E-state index is 0. The molecule has 3 nitrogen and oxygen atoms in total. The van der Waals surface area contributed by atoms with Gasteiger partial charge in [0.05, 0.1) is 12.2 Å². The number of hydrogen-bond acceptors (Lipinski definition) is 4. The third-order valence-corrected chi connectivity index (χ3v) is 4.19. The van der Waals surface area contributed by atoms with Crippen molar-refractivity contribution in [2.24, 2.45) is 0 Å². The van der Waals surface area contributed by atoms with E-state index in [1.807, 2.05) is 0 Å². The summed E-state index contributed by atoms with van der Waals surface area (Å²) < 4.78 is 0. The molecular weight excluding hydrogens is 301 g/mol. The second-order valence-corrected chi connectivity index (χ2v) is 6.83. The van der Waals surface area contributed by atoms with Crippen molar-refractivity contribution in [3.05, 3.63) is 16.1 Å². The van der Waals surface area contributed by atoms with E-state index >= 15 is 0 Å². The first-order valence-electron chi connectivity index (χ1n) is 6.33. The van der Waals surface area contributed by atoms with Gasteiger partial charge in [-0.3, -0.25) is 4.90 Å². The molecule has 1 aromatic rings. The van der Waals surface area contributed by atoms with Crippen LogP contribution in [-0.2, 0) is 12.0 Å². The van der Waals surface area contributed by atoms with Crippen molar-refractivity contribution in [1.29, 1.82) is 0 Å². The zero-order chi connectivity index (χ0) is 12.5. The largest absolute Gasteiger partial charge is 0.316 e. The Hall–Kier alpha value is 0.130. The number of nitrogens with zero attached hydrogens (tertiary/aromatic N) is 2. The summed E-state index contributed by atoms with van der Waals surface area (Å²) in [6.45, 7) is 10.0. The van der Waals surface area contributed by atoms with Gasteiger partial charge in [-0.05, 0) is 13.5 Å². The van der Waals surface area contributed by atoms with Crippen LogP contribution in [0.5, 0.6) is 0 Å². The van der Waals surface area contributed by atoms with Crippen molar-refractivity contribution in [2.75, 3.05) is 20.1 Å². The molecule has 1 aliphatic rings. The summed E-state index contributed by atoms with van der Waals surface area (Å²) in [6, 6.07) is 0.664. The third-order valence-electron chi connectivity index (χ3n) is 3.36. The van der Waals surface area contributed by atoms with Crippen LogP contribution in [0.15, 0.2) is 5.38 Å².